The summed E-state index contributed by atoms with van der Waals surface area (Å²) in [5, 5.41) is 13.4. The molecule has 0 spiro atoms. The van der Waals surface area contributed by atoms with Crippen LogP contribution in [0.3, 0.4) is 0 Å². The topological polar surface area (TPSA) is 51.0 Å². The van der Waals surface area contributed by atoms with Gasteiger partial charge in [-0.15, -0.1) is 10.2 Å². The Balaban J connectivity index is 1.57. The Hall–Kier alpha value is -2.66. The van der Waals surface area contributed by atoms with Gasteiger partial charge in [0.25, 0.3) is 0 Å². The highest BCUT2D eigenvalue weighted by molar-refractivity contribution is 6.31. The van der Waals surface area contributed by atoms with E-state index in [1.165, 1.54) is 5.56 Å². The minimum atomic E-state index is -0.305. The van der Waals surface area contributed by atoms with Crippen molar-refractivity contribution in [3.05, 3.63) is 106 Å². The quantitative estimate of drug-likeness (QED) is 0.398. The van der Waals surface area contributed by atoms with Crippen LogP contribution in [-0.2, 0) is 6.42 Å². The summed E-state index contributed by atoms with van der Waals surface area (Å²) in [5.41, 5.74) is 2.97. The number of aromatic nitrogens is 2. The second-order valence-electron chi connectivity index (χ2n) is 6.60. The molecule has 4 nitrogen and oxygen atoms in total. The zero-order valence-corrected chi connectivity index (χ0v) is 17.1. The zero-order chi connectivity index (χ0) is 20.1. The van der Waals surface area contributed by atoms with Crippen molar-refractivity contribution in [3.8, 4) is 11.5 Å². The van der Waals surface area contributed by atoms with E-state index in [0.717, 1.165) is 22.6 Å². The normalized spacial score (nSPS) is 12.1. The molecule has 6 heteroatoms. The highest BCUT2D eigenvalue weighted by Crippen LogP contribution is 2.29. The van der Waals surface area contributed by atoms with Crippen LogP contribution in [0.25, 0.3) is 11.5 Å². The molecule has 1 unspecified atom stereocenters. The van der Waals surface area contributed by atoms with Crippen LogP contribution in [0.5, 0.6) is 0 Å². The third kappa shape index (κ3) is 4.85. The first-order chi connectivity index (χ1) is 14.2. The van der Waals surface area contributed by atoms with E-state index < -0.39 is 0 Å². The number of benzene rings is 3. The van der Waals surface area contributed by atoms with E-state index >= 15 is 0 Å². The molecular weight excluding hydrogens is 405 g/mol. The van der Waals surface area contributed by atoms with E-state index in [9.17, 15) is 0 Å². The van der Waals surface area contributed by atoms with Crippen molar-refractivity contribution < 1.29 is 4.42 Å². The van der Waals surface area contributed by atoms with Gasteiger partial charge in [0.2, 0.25) is 11.8 Å². The average molecular weight is 424 g/mol. The van der Waals surface area contributed by atoms with Gasteiger partial charge in [0.1, 0.15) is 6.04 Å². The Labute approximate surface area is 179 Å². The minimum absolute atomic E-state index is 0.305. The maximum atomic E-state index is 6.46. The Morgan fingerprint density at radius 2 is 1.55 bits per heavy atom. The van der Waals surface area contributed by atoms with Crippen LogP contribution in [0.1, 0.15) is 23.1 Å². The van der Waals surface area contributed by atoms with Gasteiger partial charge in [0.05, 0.1) is 0 Å². The summed E-state index contributed by atoms with van der Waals surface area (Å²) in [6.45, 7) is 0.709. The van der Waals surface area contributed by atoms with Crippen LogP contribution < -0.4 is 5.32 Å². The summed E-state index contributed by atoms with van der Waals surface area (Å²) < 4.78 is 6.00. The van der Waals surface area contributed by atoms with Crippen LogP contribution in [0.4, 0.5) is 0 Å². The van der Waals surface area contributed by atoms with E-state index in [1.807, 2.05) is 78.9 Å². The van der Waals surface area contributed by atoms with Crippen molar-refractivity contribution in [2.45, 2.75) is 12.5 Å². The van der Waals surface area contributed by atoms with Crippen molar-refractivity contribution in [3.63, 3.8) is 0 Å². The second-order valence-corrected chi connectivity index (χ2v) is 7.44. The molecule has 0 saturated carbocycles. The Bertz CT molecular complexity index is 1060. The molecule has 0 aliphatic rings. The molecular formula is C23H19Cl2N3O. The van der Waals surface area contributed by atoms with Gasteiger partial charge in [-0.25, -0.2) is 0 Å². The van der Waals surface area contributed by atoms with Gasteiger partial charge >= 0.3 is 0 Å². The largest absolute Gasteiger partial charge is 0.419 e. The number of hydrogen-bond acceptors (Lipinski definition) is 4. The Kier molecular flexibility index (Phi) is 6.25. The Morgan fingerprint density at radius 1 is 0.828 bits per heavy atom. The molecule has 0 aliphatic carbocycles. The molecule has 1 atom stereocenters. The van der Waals surface area contributed by atoms with Gasteiger partial charge in [0.15, 0.2) is 0 Å². The smallest absolute Gasteiger partial charge is 0.247 e. The van der Waals surface area contributed by atoms with Crippen LogP contribution in [0.2, 0.25) is 10.0 Å². The van der Waals surface area contributed by atoms with E-state index in [4.69, 9.17) is 27.6 Å². The summed E-state index contributed by atoms with van der Waals surface area (Å²) in [6, 6.07) is 24.9. The minimum Gasteiger partial charge on any atom is -0.419 e. The van der Waals surface area contributed by atoms with Crippen LogP contribution in [0, 0.1) is 0 Å². The summed E-state index contributed by atoms with van der Waals surface area (Å²) in [5.74, 6) is 0.963. The maximum absolute atomic E-state index is 6.46. The van der Waals surface area contributed by atoms with E-state index in [0.29, 0.717) is 23.3 Å². The molecule has 0 amide bonds. The number of nitrogens with zero attached hydrogens (tertiary/aromatic N) is 2. The van der Waals surface area contributed by atoms with Crippen molar-refractivity contribution in [1.29, 1.82) is 0 Å². The van der Waals surface area contributed by atoms with Crippen molar-refractivity contribution in [2.75, 3.05) is 6.54 Å². The molecule has 0 saturated heterocycles. The van der Waals surface area contributed by atoms with Crippen LogP contribution in [0.15, 0.2) is 83.3 Å². The number of halogens is 2. The van der Waals surface area contributed by atoms with Gasteiger partial charge in [-0.05, 0) is 47.9 Å². The summed E-state index contributed by atoms with van der Waals surface area (Å²) in [6.07, 6.45) is 0.831. The summed E-state index contributed by atoms with van der Waals surface area (Å²) in [7, 11) is 0. The first-order valence-electron chi connectivity index (χ1n) is 9.32. The Morgan fingerprint density at radius 3 is 2.31 bits per heavy atom. The standard InChI is InChI=1S/C23H19Cl2N3O/c24-18-12-10-16(11-13-18)14-15-26-21(19-8-4-5-9-20(19)25)23-28-27-22(29-23)17-6-2-1-3-7-17/h1-13,21,26H,14-15H2. The highest BCUT2D eigenvalue weighted by atomic mass is 35.5. The summed E-state index contributed by atoms with van der Waals surface area (Å²) >= 11 is 12.4. The molecule has 4 aromatic rings. The van der Waals surface area contributed by atoms with E-state index in [-0.39, 0.29) is 6.04 Å². The second kappa shape index (κ2) is 9.23. The first kappa shape index (κ1) is 19.6. The SMILES string of the molecule is Clc1ccc(CCNC(c2nnc(-c3ccccc3)o2)c2ccccc2Cl)cc1. The van der Waals surface area contributed by atoms with Crippen molar-refractivity contribution >= 4 is 23.2 Å². The van der Waals surface area contributed by atoms with Crippen LogP contribution >= 0.6 is 23.2 Å². The molecule has 1 aromatic heterocycles. The molecule has 29 heavy (non-hydrogen) atoms. The lowest BCUT2D eigenvalue weighted by Crippen LogP contribution is -2.25. The molecule has 4 rings (SSSR count). The predicted molar refractivity (Wildman–Crippen MR) is 116 cm³/mol. The lowest BCUT2D eigenvalue weighted by molar-refractivity contribution is 0.440. The average Bonchev–Trinajstić information content (AvgIpc) is 3.24. The number of hydrogen-bond donors (Lipinski definition) is 1. The maximum Gasteiger partial charge on any atom is 0.247 e. The van der Waals surface area contributed by atoms with Gasteiger partial charge in [0, 0.05) is 22.2 Å². The molecule has 3 aromatic carbocycles. The third-order valence-corrected chi connectivity index (χ3v) is 5.20. The fraction of sp³-hybridized carbons (Fsp3) is 0.130. The van der Waals surface area contributed by atoms with Crippen molar-refractivity contribution in [2.24, 2.45) is 0 Å². The highest BCUT2D eigenvalue weighted by Gasteiger charge is 2.23. The first-order valence-corrected chi connectivity index (χ1v) is 10.1. The fourth-order valence-electron chi connectivity index (χ4n) is 3.10. The molecule has 146 valence electrons. The number of rotatable bonds is 7. The zero-order valence-electron chi connectivity index (χ0n) is 15.6. The lowest BCUT2D eigenvalue weighted by atomic mass is 10.1. The van der Waals surface area contributed by atoms with Crippen LogP contribution in [-0.4, -0.2) is 16.7 Å². The van der Waals surface area contributed by atoms with Gasteiger partial charge in [-0.3, -0.25) is 0 Å². The third-order valence-electron chi connectivity index (χ3n) is 4.60. The molecule has 0 radical (unpaired) electrons. The van der Waals surface area contributed by atoms with E-state index in [2.05, 4.69) is 15.5 Å². The fourth-order valence-corrected chi connectivity index (χ4v) is 3.47. The monoisotopic (exact) mass is 423 g/mol. The van der Waals surface area contributed by atoms with E-state index in [1.54, 1.807) is 0 Å². The molecule has 0 bridgehead atoms. The van der Waals surface area contributed by atoms with Gasteiger partial charge in [-0.1, -0.05) is 71.7 Å². The molecule has 1 N–H and O–H groups in total. The molecule has 1 heterocycles. The van der Waals surface area contributed by atoms with Gasteiger partial charge in [-0.2, -0.15) is 0 Å². The summed E-state index contributed by atoms with van der Waals surface area (Å²) in [4.78, 5) is 0. The molecule has 0 aliphatic heterocycles. The number of nitrogens with one attached hydrogen (secondary N) is 1. The predicted octanol–water partition coefficient (Wildman–Crippen LogP) is 5.97. The van der Waals surface area contributed by atoms with Crippen molar-refractivity contribution in [1.82, 2.24) is 15.5 Å². The van der Waals surface area contributed by atoms with Gasteiger partial charge < -0.3 is 9.73 Å². The molecule has 0 fully saturated rings. The lowest BCUT2D eigenvalue weighted by Gasteiger charge is -2.17.